The van der Waals surface area contributed by atoms with Gasteiger partial charge in [0.25, 0.3) is 0 Å². The van der Waals surface area contributed by atoms with Crippen molar-refractivity contribution in [2.45, 2.75) is 12.5 Å². The smallest absolute Gasteiger partial charge is 0.210 e. The normalized spacial score (nSPS) is 18.0. The van der Waals surface area contributed by atoms with E-state index in [9.17, 15) is 4.79 Å². The quantitative estimate of drug-likeness (QED) is 0.690. The van der Waals surface area contributed by atoms with E-state index in [2.05, 4.69) is 6.08 Å². The van der Waals surface area contributed by atoms with Crippen molar-refractivity contribution < 1.29 is 4.79 Å². The van der Waals surface area contributed by atoms with Gasteiger partial charge in [0.2, 0.25) is 6.41 Å². The van der Waals surface area contributed by atoms with Crippen LogP contribution in [0.25, 0.3) is 5.57 Å². The number of nitrogens with two attached hydrogens (primary N) is 1. The molecule has 0 fully saturated rings. The Balaban J connectivity index is 2.04. The van der Waals surface area contributed by atoms with Gasteiger partial charge in [-0.15, -0.1) is 0 Å². The molecule has 1 heterocycles. The largest absolute Gasteiger partial charge is 0.398 e. The first kappa shape index (κ1) is 14.7. The number of nitrogen functional groups attached to an aromatic ring is 1. The van der Waals surface area contributed by atoms with E-state index in [-0.39, 0.29) is 6.04 Å². The highest BCUT2D eigenvalue weighted by molar-refractivity contribution is 6.30. The minimum Gasteiger partial charge on any atom is -0.398 e. The summed E-state index contributed by atoms with van der Waals surface area (Å²) in [6.07, 6.45) is 3.79. The van der Waals surface area contributed by atoms with Gasteiger partial charge in [-0.2, -0.15) is 0 Å². The van der Waals surface area contributed by atoms with Crippen molar-refractivity contribution in [3.8, 4) is 0 Å². The standard InChI is InChI=1S/C18H17ClN2O/c19-15-6-7-17(20)16(11-15)14-8-9-21(12-22)18(10-14)13-4-2-1-3-5-13/h1-7,10-12,18H,8-9,20H2. The van der Waals surface area contributed by atoms with Crippen LogP contribution in [0.3, 0.4) is 0 Å². The van der Waals surface area contributed by atoms with Crippen LogP contribution in [0.2, 0.25) is 5.02 Å². The summed E-state index contributed by atoms with van der Waals surface area (Å²) in [6.45, 7) is 0.668. The summed E-state index contributed by atoms with van der Waals surface area (Å²) >= 11 is 6.10. The van der Waals surface area contributed by atoms with E-state index in [1.807, 2.05) is 42.5 Å². The molecule has 1 amide bonds. The molecule has 0 bridgehead atoms. The van der Waals surface area contributed by atoms with Crippen molar-refractivity contribution in [1.82, 2.24) is 4.90 Å². The van der Waals surface area contributed by atoms with Crippen molar-refractivity contribution in [2.24, 2.45) is 0 Å². The van der Waals surface area contributed by atoms with Gasteiger partial charge in [-0.05, 0) is 35.8 Å². The molecule has 2 aromatic carbocycles. The van der Waals surface area contributed by atoms with Gasteiger partial charge in [0, 0.05) is 22.8 Å². The maximum absolute atomic E-state index is 11.4. The topological polar surface area (TPSA) is 46.3 Å². The van der Waals surface area contributed by atoms with Crippen molar-refractivity contribution in [3.63, 3.8) is 0 Å². The van der Waals surface area contributed by atoms with Crippen molar-refractivity contribution in [3.05, 3.63) is 70.8 Å². The highest BCUT2D eigenvalue weighted by Gasteiger charge is 2.23. The van der Waals surface area contributed by atoms with Crippen LogP contribution in [0.1, 0.15) is 23.6 Å². The van der Waals surface area contributed by atoms with E-state index in [1.165, 1.54) is 0 Å². The zero-order chi connectivity index (χ0) is 15.5. The Morgan fingerprint density at radius 2 is 1.95 bits per heavy atom. The second-order valence-electron chi connectivity index (χ2n) is 5.37. The number of anilines is 1. The summed E-state index contributed by atoms with van der Waals surface area (Å²) in [5.41, 5.74) is 9.98. The summed E-state index contributed by atoms with van der Waals surface area (Å²) in [5, 5.41) is 0.666. The second kappa shape index (κ2) is 6.24. The predicted octanol–water partition coefficient (Wildman–Crippen LogP) is 3.91. The SMILES string of the molecule is Nc1ccc(Cl)cc1C1=CC(c2ccccc2)N(C=O)CC1. The lowest BCUT2D eigenvalue weighted by atomic mass is 9.92. The molecule has 1 aliphatic rings. The van der Waals surface area contributed by atoms with Gasteiger partial charge in [-0.25, -0.2) is 0 Å². The lowest BCUT2D eigenvalue weighted by molar-refractivity contribution is -0.119. The maximum Gasteiger partial charge on any atom is 0.210 e. The molecule has 0 spiro atoms. The maximum atomic E-state index is 11.4. The minimum absolute atomic E-state index is 0.0687. The zero-order valence-corrected chi connectivity index (χ0v) is 12.8. The molecular formula is C18H17ClN2O. The second-order valence-corrected chi connectivity index (χ2v) is 5.81. The van der Waals surface area contributed by atoms with Crippen molar-refractivity contribution in [1.29, 1.82) is 0 Å². The van der Waals surface area contributed by atoms with Gasteiger partial charge in [-0.3, -0.25) is 4.79 Å². The molecule has 2 N–H and O–H groups in total. The molecule has 112 valence electrons. The molecule has 1 atom stereocenters. The number of halogens is 1. The number of nitrogens with zero attached hydrogens (tertiary/aromatic N) is 1. The van der Waals surface area contributed by atoms with Crippen LogP contribution >= 0.6 is 11.6 Å². The molecule has 1 unspecified atom stereocenters. The number of rotatable bonds is 3. The third-order valence-electron chi connectivity index (χ3n) is 3.99. The number of hydrogen-bond acceptors (Lipinski definition) is 2. The van der Waals surface area contributed by atoms with E-state index >= 15 is 0 Å². The molecule has 2 aromatic rings. The van der Waals surface area contributed by atoms with Crippen LogP contribution < -0.4 is 5.73 Å². The van der Waals surface area contributed by atoms with Gasteiger partial charge in [0.15, 0.2) is 0 Å². The molecule has 1 aliphatic heterocycles. The van der Waals surface area contributed by atoms with Gasteiger partial charge in [0.05, 0.1) is 6.04 Å². The van der Waals surface area contributed by atoms with Gasteiger partial charge in [0.1, 0.15) is 0 Å². The number of carbonyl (C=O) groups excluding carboxylic acids is 1. The minimum atomic E-state index is -0.0687. The molecule has 4 heteroatoms. The fraction of sp³-hybridized carbons (Fsp3) is 0.167. The molecule has 3 rings (SSSR count). The van der Waals surface area contributed by atoms with Gasteiger partial charge < -0.3 is 10.6 Å². The highest BCUT2D eigenvalue weighted by atomic mass is 35.5. The fourth-order valence-corrected chi connectivity index (χ4v) is 3.02. The summed E-state index contributed by atoms with van der Waals surface area (Å²) in [5.74, 6) is 0. The van der Waals surface area contributed by atoms with E-state index in [1.54, 1.807) is 11.0 Å². The lowest BCUT2D eigenvalue weighted by Gasteiger charge is -2.32. The van der Waals surface area contributed by atoms with E-state index < -0.39 is 0 Å². The first-order valence-electron chi connectivity index (χ1n) is 7.21. The Morgan fingerprint density at radius 1 is 1.18 bits per heavy atom. The average Bonchev–Trinajstić information content (AvgIpc) is 2.57. The van der Waals surface area contributed by atoms with Crippen molar-refractivity contribution in [2.75, 3.05) is 12.3 Å². The predicted molar refractivity (Wildman–Crippen MR) is 90.4 cm³/mol. The molecule has 22 heavy (non-hydrogen) atoms. The Kier molecular flexibility index (Phi) is 4.16. The van der Waals surface area contributed by atoms with Gasteiger partial charge in [-0.1, -0.05) is 48.0 Å². The number of amides is 1. The fourth-order valence-electron chi connectivity index (χ4n) is 2.85. The molecular weight excluding hydrogens is 296 g/mol. The van der Waals surface area contributed by atoms with E-state index in [0.717, 1.165) is 29.5 Å². The third kappa shape index (κ3) is 2.85. The van der Waals surface area contributed by atoms with Crippen LogP contribution in [0, 0.1) is 0 Å². The number of carbonyl (C=O) groups is 1. The van der Waals surface area contributed by atoms with Gasteiger partial charge >= 0.3 is 0 Å². The first-order chi connectivity index (χ1) is 10.7. The molecule has 3 nitrogen and oxygen atoms in total. The monoisotopic (exact) mass is 312 g/mol. The number of hydrogen-bond donors (Lipinski definition) is 1. The third-order valence-corrected chi connectivity index (χ3v) is 4.23. The van der Waals surface area contributed by atoms with E-state index in [4.69, 9.17) is 17.3 Å². The zero-order valence-electron chi connectivity index (χ0n) is 12.1. The van der Waals surface area contributed by atoms with E-state index in [0.29, 0.717) is 17.3 Å². The summed E-state index contributed by atoms with van der Waals surface area (Å²) in [6, 6.07) is 15.4. The number of benzene rings is 2. The Morgan fingerprint density at radius 3 is 2.68 bits per heavy atom. The highest BCUT2D eigenvalue weighted by Crippen LogP contribution is 2.35. The Hall–Kier alpha value is -2.26. The molecule has 0 saturated carbocycles. The van der Waals surface area contributed by atoms with Crippen LogP contribution in [0.5, 0.6) is 0 Å². The molecule has 0 saturated heterocycles. The Bertz CT molecular complexity index is 712. The lowest BCUT2D eigenvalue weighted by Crippen LogP contribution is -2.30. The summed E-state index contributed by atoms with van der Waals surface area (Å²) in [4.78, 5) is 13.2. The van der Waals surface area contributed by atoms with Crippen LogP contribution in [-0.2, 0) is 4.79 Å². The molecule has 0 aromatic heterocycles. The Labute approximate surface area is 135 Å². The first-order valence-corrected chi connectivity index (χ1v) is 7.59. The average molecular weight is 313 g/mol. The molecule has 0 aliphatic carbocycles. The van der Waals surface area contributed by atoms with Crippen LogP contribution in [-0.4, -0.2) is 17.9 Å². The summed E-state index contributed by atoms with van der Waals surface area (Å²) in [7, 11) is 0. The summed E-state index contributed by atoms with van der Waals surface area (Å²) < 4.78 is 0. The van der Waals surface area contributed by atoms with Crippen LogP contribution in [0.15, 0.2) is 54.6 Å². The molecule has 0 radical (unpaired) electrons. The van der Waals surface area contributed by atoms with Crippen LogP contribution in [0.4, 0.5) is 5.69 Å². The van der Waals surface area contributed by atoms with Crippen molar-refractivity contribution >= 4 is 29.3 Å².